The number of aryl methyl sites for hydroxylation is 6. The molecule has 10 aromatic rings. The Labute approximate surface area is 778 Å². The predicted molar refractivity (Wildman–Crippen MR) is 526 cm³/mol. The fraction of sp³-hybridized carbons (Fsp3) is 0.325. The van der Waals surface area contributed by atoms with Gasteiger partial charge in [-0.15, -0.1) is 22.1 Å². The van der Waals surface area contributed by atoms with E-state index in [2.05, 4.69) is 244 Å². The summed E-state index contributed by atoms with van der Waals surface area (Å²) in [6, 6.07) is 45.1. The summed E-state index contributed by atoms with van der Waals surface area (Å²) in [4.78, 5) is 53.6. The number of benzene rings is 6. The molecule has 6 aromatic carbocycles. The number of rotatable bonds is 23. The van der Waals surface area contributed by atoms with Crippen LogP contribution in [0, 0.1) is 79.1 Å². The molecule has 17 rings (SSSR count). The van der Waals surface area contributed by atoms with Crippen LogP contribution in [-0.4, -0.2) is 72.5 Å². The second-order valence-electron chi connectivity index (χ2n) is 37.6. The van der Waals surface area contributed by atoms with Crippen molar-refractivity contribution < 1.29 is 52.5 Å². The van der Waals surface area contributed by atoms with Gasteiger partial charge in [0.1, 0.15) is 6.54 Å². The zero-order chi connectivity index (χ0) is 91.1. The van der Waals surface area contributed by atoms with Gasteiger partial charge in [0.2, 0.25) is 5.69 Å². The van der Waals surface area contributed by atoms with Gasteiger partial charge in [-0.2, -0.15) is 4.58 Å². The molecule has 656 valence electrons. The minimum Gasteiger partial charge on any atom is -0.871 e. The van der Waals surface area contributed by atoms with Crippen molar-refractivity contribution in [3.05, 3.63) is 297 Å². The molecule has 130 heavy (non-hydrogen) atoms. The summed E-state index contributed by atoms with van der Waals surface area (Å²) < 4.78 is 38.1. The van der Waals surface area contributed by atoms with E-state index in [0.29, 0.717) is 42.0 Å². The van der Waals surface area contributed by atoms with Gasteiger partial charge in [0.25, 0.3) is 0 Å². The molecule has 7 aliphatic rings. The first-order chi connectivity index (χ1) is 61.9. The number of unbranched alkanes of at least 4 members (excludes halogenated alkanes) is 10. The van der Waals surface area contributed by atoms with Crippen LogP contribution in [0.25, 0.3) is 96.5 Å². The Balaban J connectivity index is 0.0000124. The van der Waals surface area contributed by atoms with Crippen LogP contribution in [0.1, 0.15) is 270 Å². The number of halogens is 2. The van der Waals surface area contributed by atoms with Crippen LogP contribution < -0.4 is 20.0 Å². The molecule has 0 fully saturated rings. The second kappa shape index (κ2) is 36.3. The number of nitrogens with zero attached hydrogens (tertiary/aromatic N) is 8. The number of aromatic carboxylic acids is 1. The van der Waals surface area contributed by atoms with E-state index in [1.165, 1.54) is 35.0 Å². The molecule has 1 N–H and O–H groups in total. The number of carboxylic acids is 1. The first-order valence-corrected chi connectivity index (χ1v) is 46.7. The van der Waals surface area contributed by atoms with Crippen molar-refractivity contribution in [1.82, 2.24) is 29.2 Å². The molecule has 0 saturated carbocycles. The Morgan fingerprint density at radius 1 is 0.562 bits per heavy atom. The number of fused-ring (bicyclic) bond motifs is 12. The van der Waals surface area contributed by atoms with E-state index >= 15 is 8.63 Å². The number of hydrogen-bond acceptors (Lipinski definition) is 7. The van der Waals surface area contributed by atoms with E-state index in [-0.39, 0.29) is 47.7 Å². The summed E-state index contributed by atoms with van der Waals surface area (Å²) in [5, 5.41) is 24.9. The fourth-order valence-corrected chi connectivity index (χ4v) is 21.9. The van der Waals surface area contributed by atoms with Gasteiger partial charge in [0.15, 0.2) is 11.5 Å². The van der Waals surface area contributed by atoms with Crippen molar-refractivity contribution >= 4 is 87.8 Å². The number of anilines is 1. The number of allylic oxidation sites excluding steroid dienone is 7. The number of carbonyl (C=O) groups is 2. The molecule has 8 bridgehead atoms. The standard InChI is InChI=1S/C114H118BF2N8O4.Zn/c1-19-23-25-27-29-31-57-122-98-55-40-79(63-88(98)113(15,16)100(122)65-86-110(126)87(111(86)127)66-101-114(17,18)89-64-82(112(128)129)45-56-99(89)123(101)58-32-30-28-26-24-20-2)34-33-77-35-41-80(42-36-77)104-90-47-51-94(118-90)106(102-69(7)59-67(5)60-70(102)8)96-53-49-92(120-96)105(93-50-54-97(121-93)107(95-52-48-91(104)119-95)103-71(9)61-68(6)62-72(103)10)81-43-37-78(38-44-81)39-46-85-108-73(11)83(21-3)75(13)124(108)115(116,117)125-76(14)84(22-4)74(12)109(85)125;/h35-38,40-45,47-56,59-66,75H,19-32,57-58H2,1-18H3,(H3,126,127,128,129);/q-1;+2/p-2/b100-65+,104-90?,104-91?,105-92?,105-93?,106-94?,106-96?,107-95?,107-97?;. The van der Waals surface area contributed by atoms with Crippen LogP contribution in [-0.2, 0) is 41.5 Å². The topological polar surface area (TPSA) is 146 Å². The van der Waals surface area contributed by atoms with Crippen molar-refractivity contribution in [2.45, 2.75) is 231 Å². The van der Waals surface area contributed by atoms with Gasteiger partial charge in [-0.1, -0.05) is 213 Å². The molecule has 6 aliphatic heterocycles. The maximum Gasteiger partial charge on any atom is 2.00 e. The third-order valence-corrected chi connectivity index (χ3v) is 28.3. The molecular formula is C114H116BF2N8O4Zn-. The van der Waals surface area contributed by atoms with Gasteiger partial charge in [-0.3, -0.25) is 4.79 Å². The minimum absolute atomic E-state index is 0. The zero-order valence-corrected chi connectivity index (χ0v) is 81.8. The average molecular weight is 1780 g/mol. The van der Waals surface area contributed by atoms with Crippen molar-refractivity contribution in [3.8, 4) is 68.2 Å². The van der Waals surface area contributed by atoms with Gasteiger partial charge >= 0.3 is 32.4 Å². The van der Waals surface area contributed by atoms with Crippen LogP contribution in [0.3, 0.4) is 0 Å². The van der Waals surface area contributed by atoms with Crippen LogP contribution in [0.15, 0.2) is 185 Å². The normalized spacial score (nSPS) is 16.6. The molecule has 0 spiro atoms. The summed E-state index contributed by atoms with van der Waals surface area (Å²) in [6.45, 7) is 34.8. The minimum atomic E-state index is -4.17. The Hall–Kier alpha value is -12.2. The second-order valence-corrected chi connectivity index (χ2v) is 37.6. The summed E-state index contributed by atoms with van der Waals surface area (Å²) in [5.74, 6) is 12.6. The van der Waals surface area contributed by atoms with Gasteiger partial charge in [0, 0.05) is 92.7 Å². The van der Waals surface area contributed by atoms with E-state index in [4.69, 9.17) is 19.9 Å². The third-order valence-electron chi connectivity index (χ3n) is 28.3. The van der Waals surface area contributed by atoms with E-state index in [0.717, 1.165) is 254 Å². The van der Waals surface area contributed by atoms with Gasteiger partial charge in [-0.05, 0) is 294 Å². The SMILES string of the molecule is CCCCCCCCN1/C(=C/C2=C([O-])C(=C/C3=[N+](CCCCCCCC)c4ccc(C(=O)O)cc4C3(C)C)/C2=O)C(C)(C)c2cc(C#Cc3ccc(-c4c5nc(c(-c6c(C)cc(C)cc6C)c6ccc([n-]6)c(-c6ccc(C#CC7=C8C(C)=C(CC)C(C)N8[B-](F)(F)n8c(C)c(CC)c(C)c87)cc6)c6nc(c(-c7c(C)cc(C)cc7C)c7ccc4[n-]7)C=C6)C=C5)cc3)ccc21.[Zn+2]. The van der Waals surface area contributed by atoms with Crippen molar-refractivity contribution in [2.75, 3.05) is 18.0 Å². The molecule has 10 heterocycles. The Morgan fingerprint density at radius 3 is 1.55 bits per heavy atom. The van der Waals surface area contributed by atoms with Gasteiger partial charge in [-0.25, -0.2) is 14.8 Å². The number of carbonyl (C=O) groups excluding carboxylic acids is 1. The molecule has 12 nitrogen and oxygen atoms in total. The zero-order valence-electron chi connectivity index (χ0n) is 78.8. The molecule has 16 heteroatoms. The Kier molecular flexibility index (Phi) is 25.4. The first-order valence-electron chi connectivity index (χ1n) is 46.7. The van der Waals surface area contributed by atoms with Gasteiger partial charge in [0.05, 0.1) is 39.3 Å². The van der Waals surface area contributed by atoms with Crippen LogP contribution >= 0.6 is 0 Å². The van der Waals surface area contributed by atoms with Gasteiger partial charge < -0.3 is 43.0 Å². The molecule has 0 amide bonds. The summed E-state index contributed by atoms with van der Waals surface area (Å²) in [6.07, 6.45) is 26.7. The van der Waals surface area contributed by atoms with Crippen molar-refractivity contribution in [3.63, 3.8) is 0 Å². The number of aromatic nitrogens is 5. The summed E-state index contributed by atoms with van der Waals surface area (Å²) in [5.41, 5.74) is 33.1. The monoisotopic (exact) mass is 1770 g/mol. The molecule has 1 unspecified atom stereocenters. The van der Waals surface area contributed by atoms with Crippen LogP contribution in [0.5, 0.6) is 0 Å². The number of hydrogen-bond donors (Lipinski definition) is 1. The number of Topliss-reactive ketones (excluding diaryl/α,β-unsaturated/α-hetero) is 1. The smallest absolute Gasteiger partial charge is 0.871 e. The number of carboxylic acid groups (broad SMARTS) is 1. The maximum atomic E-state index is 17.3. The molecule has 0 saturated heterocycles. The fourth-order valence-electron chi connectivity index (χ4n) is 21.9. The van der Waals surface area contributed by atoms with Crippen LogP contribution in [0.4, 0.5) is 20.0 Å². The third kappa shape index (κ3) is 16.1. The van der Waals surface area contributed by atoms with Crippen molar-refractivity contribution in [1.29, 1.82) is 0 Å². The first kappa shape index (κ1) is 91.1. The van der Waals surface area contributed by atoms with Crippen LogP contribution in [0.2, 0.25) is 0 Å². The van der Waals surface area contributed by atoms with Crippen molar-refractivity contribution in [2.24, 2.45) is 0 Å². The Morgan fingerprint density at radius 2 is 1.05 bits per heavy atom. The molecule has 1 aliphatic carbocycles. The van der Waals surface area contributed by atoms with E-state index in [9.17, 15) is 19.8 Å². The largest absolute Gasteiger partial charge is 2.00 e. The average Bonchev–Trinajstić information content (AvgIpc) is 1.52. The van der Waals surface area contributed by atoms with E-state index < -0.39 is 29.8 Å². The van der Waals surface area contributed by atoms with E-state index in [1.807, 2.05) is 65.8 Å². The summed E-state index contributed by atoms with van der Waals surface area (Å²) >= 11 is 0. The van der Waals surface area contributed by atoms with E-state index in [1.54, 1.807) is 18.2 Å². The maximum absolute atomic E-state index is 17.3. The Bertz CT molecular complexity index is 6880. The molecule has 0 radical (unpaired) electrons. The molecule has 4 aromatic heterocycles. The summed E-state index contributed by atoms with van der Waals surface area (Å²) in [7, 11) is 0. The molecule has 1 atom stereocenters. The quantitative estimate of drug-likeness (QED) is 0.0216. The molecular weight excluding hydrogens is 1660 g/mol. The predicted octanol–water partition coefficient (Wildman–Crippen LogP) is 25.8. The number of ketones is 1.